The Morgan fingerprint density at radius 3 is 2.47 bits per heavy atom. The molecule has 196 valence electrons. The Morgan fingerprint density at radius 2 is 1.89 bits per heavy atom. The topological polar surface area (TPSA) is 63.0 Å². The van der Waals surface area contributed by atoms with Crippen molar-refractivity contribution in [2.75, 3.05) is 17.7 Å². The molecule has 0 amide bonds. The Bertz CT molecular complexity index is 1420. The van der Waals surface area contributed by atoms with Crippen molar-refractivity contribution in [1.29, 1.82) is 0 Å². The highest BCUT2D eigenvalue weighted by atomic mass is 32.1. The first-order chi connectivity index (χ1) is 18.2. The molecule has 4 N–H and O–H groups in total. The summed E-state index contributed by atoms with van der Waals surface area (Å²) in [5, 5.41) is 6.40. The minimum absolute atomic E-state index is 0.275. The number of benzene rings is 1. The molecule has 0 spiro atoms. The molecule has 0 aliphatic carbocycles. The smallest absolute Gasteiger partial charge is 0.136 e. The van der Waals surface area contributed by atoms with E-state index in [-0.39, 0.29) is 12.2 Å². The maximum Gasteiger partial charge on any atom is 0.136 e. The standard InChI is InChI=1S/C30H33FN4S.C2H2/c1-8-21(17-22(32)9-2)24-10-11-26(33-7)25(29(24)31)16-19(5)35-30-20(6)23(14-15-34-30)28-13-12-27(36-28)18(3)4;1-2/h8-15,17,33H,2-3,5,16,32H2,1,4,6-7H3,(H,34,35);1-2H/b21-8+,22-17+;. The van der Waals surface area contributed by atoms with Gasteiger partial charge in [0.2, 0.25) is 0 Å². The molecule has 0 unspecified atom stereocenters. The van der Waals surface area contributed by atoms with E-state index in [1.54, 1.807) is 36.7 Å². The molecule has 3 aromatic rings. The van der Waals surface area contributed by atoms with Crippen molar-refractivity contribution in [2.24, 2.45) is 5.73 Å². The van der Waals surface area contributed by atoms with Crippen LogP contribution in [-0.2, 0) is 6.42 Å². The molecule has 0 aliphatic rings. The normalized spacial score (nSPS) is 11.2. The van der Waals surface area contributed by atoms with E-state index >= 15 is 4.39 Å². The maximum absolute atomic E-state index is 15.8. The zero-order valence-electron chi connectivity index (χ0n) is 22.5. The molecule has 2 aromatic heterocycles. The molecule has 0 saturated heterocycles. The van der Waals surface area contributed by atoms with Gasteiger partial charge in [-0.2, -0.15) is 0 Å². The molecule has 0 aliphatic heterocycles. The van der Waals surface area contributed by atoms with Crippen molar-refractivity contribution in [2.45, 2.75) is 27.2 Å². The van der Waals surface area contributed by atoms with E-state index in [2.05, 4.69) is 60.3 Å². The monoisotopic (exact) mass is 526 g/mol. The fraction of sp³-hybridized carbons (Fsp3) is 0.156. The number of thiophene rings is 1. The molecule has 38 heavy (non-hydrogen) atoms. The minimum atomic E-state index is -0.324. The summed E-state index contributed by atoms with van der Waals surface area (Å²) in [7, 11) is 1.77. The van der Waals surface area contributed by atoms with Crippen molar-refractivity contribution in [3.05, 3.63) is 113 Å². The average molecular weight is 527 g/mol. The lowest BCUT2D eigenvalue weighted by Gasteiger charge is -2.17. The summed E-state index contributed by atoms with van der Waals surface area (Å²) in [6, 6.07) is 9.80. The average Bonchev–Trinajstić information content (AvgIpc) is 3.41. The SMILES string of the molecule is C#C.C=C/C(N)=C\C(=C/C)c1ccc(NC)c(CC(=C)Nc2nccc(-c3ccc(C(=C)C)s3)c2C)c1F. The highest BCUT2D eigenvalue weighted by Gasteiger charge is 2.17. The first-order valence-electron chi connectivity index (χ1n) is 11.9. The Morgan fingerprint density at radius 1 is 1.18 bits per heavy atom. The summed E-state index contributed by atoms with van der Waals surface area (Å²) in [6.45, 7) is 17.8. The number of rotatable bonds is 10. The van der Waals surface area contributed by atoms with Crippen molar-refractivity contribution < 1.29 is 4.39 Å². The Kier molecular flexibility index (Phi) is 10.9. The summed E-state index contributed by atoms with van der Waals surface area (Å²) in [6.07, 6.45) is 15.1. The Hall–Kier alpha value is -4.34. The molecule has 2 heterocycles. The van der Waals surface area contributed by atoms with Crippen molar-refractivity contribution in [1.82, 2.24) is 4.98 Å². The minimum Gasteiger partial charge on any atom is -0.399 e. The van der Waals surface area contributed by atoms with Gasteiger partial charge < -0.3 is 16.4 Å². The second-order valence-electron chi connectivity index (χ2n) is 8.48. The predicted octanol–water partition coefficient (Wildman–Crippen LogP) is 8.18. The van der Waals surface area contributed by atoms with E-state index in [1.165, 1.54) is 6.08 Å². The van der Waals surface area contributed by atoms with Crippen LogP contribution < -0.4 is 16.4 Å². The lowest BCUT2D eigenvalue weighted by molar-refractivity contribution is 0.611. The molecular formula is C32H35FN4S. The van der Waals surface area contributed by atoms with Crippen molar-refractivity contribution in [3.8, 4) is 23.3 Å². The molecule has 0 saturated carbocycles. The van der Waals surface area contributed by atoms with Crippen LogP contribution in [0.5, 0.6) is 0 Å². The first kappa shape index (κ1) is 29.9. The maximum atomic E-state index is 15.8. The number of nitrogens with zero attached hydrogens (tertiary/aromatic N) is 1. The third-order valence-electron chi connectivity index (χ3n) is 5.87. The van der Waals surface area contributed by atoms with Crippen molar-refractivity contribution in [3.63, 3.8) is 0 Å². The first-order valence-corrected chi connectivity index (χ1v) is 12.8. The van der Waals surface area contributed by atoms with Crippen LogP contribution in [0.3, 0.4) is 0 Å². The fourth-order valence-corrected chi connectivity index (χ4v) is 4.89. The fourth-order valence-electron chi connectivity index (χ4n) is 3.87. The molecule has 3 rings (SSSR count). The van der Waals surface area contributed by atoms with Gasteiger partial charge >= 0.3 is 0 Å². The second-order valence-corrected chi connectivity index (χ2v) is 9.56. The summed E-state index contributed by atoms with van der Waals surface area (Å²) < 4.78 is 15.8. The Labute approximate surface area is 230 Å². The van der Waals surface area contributed by atoms with Crippen LogP contribution in [0, 0.1) is 25.6 Å². The predicted molar refractivity (Wildman–Crippen MR) is 165 cm³/mol. The van der Waals surface area contributed by atoms with E-state index in [4.69, 9.17) is 5.73 Å². The molecule has 0 atom stereocenters. The highest BCUT2D eigenvalue weighted by Crippen LogP contribution is 2.35. The van der Waals surface area contributed by atoms with E-state index in [1.807, 2.05) is 39.0 Å². The molecule has 0 bridgehead atoms. The van der Waals surface area contributed by atoms with Gasteiger partial charge in [-0.05, 0) is 80.0 Å². The number of pyridine rings is 1. The van der Waals surface area contributed by atoms with Crippen LogP contribution >= 0.6 is 11.3 Å². The van der Waals surface area contributed by atoms with Crippen LogP contribution in [0.25, 0.3) is 21.6 Å². The zero-order chi connectivity index (χ0) is 28.4. The van der Waals surface area contributed by atoms with Crippen LogP contribution in [0.1, 0.15) is 35.4 Å². The molecular weight excluding hydrogens is 491 g/mol. The summed E-state index contributed by atoms with van der Waals surface area (Å²) >= 11 is 1.70. The number of nitrogens with two attached hydrogens (primary N) is 1. The van der Waals surface area contributed by atoms with Crippen LogP contribution in [-0.4, -0.2) is 12.0 Å². The van der Waals surface area contributed by atoms with Crippen LogP contribution in [0.15, 0.2) is 85.9 Å². The summed E-state index contributed by atoms with van der Waals surface area (Å²) in [5.74, 6) is 0.372. The van der Waals surface area contributed by atoms with Crippen LogP contribution in [0.4, 0.5) is 15.9 Å². The number of terminal acetylenes is 1. The quantitative estimate of drug-likeness (QED) is 0.184. The number of nitrogens with one attached hydrogen (secondary N) is 2. The third kappa shape index (κ3) is 6.90. The lowest BCUT2D eigenvalue weighted by atomic mass is 9.97. The number of aromatic nitrogens is 1. The molecule has 4 nitrogen and oxygen atoms in total. The van der Waals surface area contributed by atoms with Gasteiger partial charge in [0, 0.05) is 63.2 Å². The van der Waals surface area contributed by atoms with Gasteiger partial charge in [-0.15, -0.1) is 24.2 Å². The van der Waals surface area contributed by atoms with Gasteiger partial charge in [0.1, 0.15) is 11.6 Å². The van der Waals surface area contributed by atoms with Gasteiger partial charge in [0.05, 0.1) is 0 Å². The van der Waals surface area contributed by atoms with Crippen LogP contribution in [0.2, 0.25) is 0 Å². The third-order valence-corrected chi connectivity index (χ3v) is 7.15. The Balaban J connectivity index is 0.00000247. The van der Waals surface area contributed by atoms with Gasteiger partial charge in [-0.25, -0.2) is 9.37 Å². The van der Waals surface area contributed by atoms with Gasteiger partial charge in [-0.3, -0.25) is 0 Å². The van der Waals surface area contributed by atoms with Gasteiger partial charge in [0.15, 0.2) is 0 Å². The molecule has 0 fully saturated rings. The number of allylic oxidation sites excluding steroid dienone is 6. The van der Waals surface area contributed by atoms with Crippen molar-refractivity contribution >= 4 is 34.0 Å². The van der Waals surface area contributed by atoms with Gasteiger partial charge in [0.25, 0.3) is 0 Å². The number of hydrogen-bond donors (Lipinski definition) is 3. The molecule has 1 aromatic carbocycles. The van der Waals surface area contributed by atoms with E-state index < -0.39 is 0 Å². The van der Waals surface area contributed by atoms with E-state index in [9.17, 15) is 0 Å². The highest BCUT2D eigenvalue weighted by molar-refractivity contribution is 7.16. The second kappa shape index (κ2) is 13.8. The van der Waals surface area contributed by atoms with E-state index in [0.29, 0.717) is 39.6 Å². The number of halogens is 1. The number of hydrogen-bond acceptors (Lipinski definition) is 5. The largest absolute Gasteiger partial charge is 0.399 e. The molecule has 0 radical (unpaired) electrons. The van der Waals surface area contributed by atoms with E-state index in [0.717, 1.165) is 26.5 Å². The summed E-state index contributed by atoms with van der Waals surface area (Å²) in [4.78, 5) is 6.81. The van der Waals surface area contributed by atoms with Gasteiger partial charge in [-0.1, -0.05) is 25.8 Å². The zero-order valence-corrected chi connectivity index (χ0v) is 23.3. The lowest BCUT2D eigenvalue weighted by Crippen LogP contribution is -2.09. The number of anilines is 2. The summed E-state index contributed by atoms with van der Waals surface area (Å²) in [5.41, 5.74) is 12.5. The molecule has 6 heteroatoms.